The standard InChI is InChI=1S/C25H32ClN3O2/c1-17-7-23(27-31-17)15-28(2)16-24(30)29(14-18-3-5-22(26)6-4-18)25-11-19-8-20(12-25)10-21(9-19)13-25/h3-7,19-21H,8-16H2,1-2H3. The maximum atomic E-state index is 13.8. The van der Waals surface area contributed by atoms with Crippen molar-refractivity contribution in [3.63, 3.8) is 0 Å². The number of aromatic nitrogens is 1. The number of rotatable bonds is 7. The molecule has 6 rings (SSSR count). The average Bonchev–Trinajstić information content (AvgIpc) is 3.10. The molecule has 4 aliphatic rings. The Kier molecular flexibility index (Phi) is 5.59. The Bertz CT molecular complexity index is 903. The summed E-state index contributed by atoms with van der Waals surface area (Å²) in [6.07, 6.45) is 7.62. The summed E-state index contributed by atoms with van der Waals surface area (Å²) in [5.74, 6) is 3.40. The van der Waals surface area contributed by atoms with Crippen molar-refractivity contribution >= 4 is 17.5 Å². The summed E-state index contributed by atoms with van der Waals surface area (Å²) in [6.45, 7) is 3.56. The van der Waals surface area contributed by atoms with Gasteiger partial charge in [-0.15, -0.1) is 0 Å². The lowest BCUT2D eigenvalue weighted by Gasteiger charge is -2.60. The van der Waals surface area contributed by atoms with Crippen LogP contribution < -0.4 is 0 Å². The molecular formula is C25H32ClN3O2. The van der Waals surface area contributed by atoms with Crippen LogP contribution >= 0.6 is 11.6 Å². The lowest BCUT2D eigenvalue weighted by atomic mass is 9.52. The molecule has 4 saturated carbocycles. The molecular weight excluding hydrogens is 410 g/mol. The maximum Gasteiger partial charge on any atom is 0.237 e. The van der Waals surface area contributed by atoms with Gasteiger partial charge >= 0.3 is 0 Å². The number of amides is 1. The van der Waals surface area contributed by atoms with E-state index < -0.39 is 0 Å². The Balaban J connectivity index is 1.37. The van der Waals surface area contributed by atoms with E-state index in [0.29, 0.717) is 19.6 Å². The molecule has 0 spiro atoms. The van der Waals surface area contributed by atoms with E-state index in [1.807, 2.05) is 32.2 Å². The highest BCUT2D eigenvalue weighted by Gasteiger charge is 2.54. The Morgan fingerprint density at radius 1 is 1.10 bits per heavy atom. The van der Waals surface area contributed by atoms with Crippen LogP contribution in [0.1, 0.15) is 55.5 Å². The van der Waals surface area contributed by atoms with Crippen molar-refractivity contribution in [2.24, 2.45) is 17.8 Å². The van der Waals surface area contributed by atoms with Gasteiger partial charge in [-0.2, -0.15) is 0 Å². The highest BCUT2D eigenvalue weighted by molar-refractivity contribution is 6.30. The fourth-order valence-electron chi connectivity index (χ4n) is 6.83. The number of halogens is 1. The molecule has 31 heavy (non-hydrogen) atoms. The van der Waals surface area contributed by atoms with Gasteiger partial charge < -0.3 is 9.42 Å². The fourth-order valence-corrected chi connectivity index (χ4v) is 6.96. The van der Waals surface area contributed by atoms with Crippen LogP contribution in [-0.2, 0) is 17.9 Å². The summed E-state index contributed by atoms with van der Waals surface area (Å²) in [6, 6.07) is 9.91. The zero-order valence-corrected chi connectivity index (χ0v) is 19.3. The second-order valence-corrected chi connectivity index (χ2v) is 10.8. The molecule has 1 amide bonds. The topological polar surface area (TPSA) is 49.6 Å². The molecule has 0 radical (unpaired) electrons. The van der Waals surface area contributed by atoms with Gasteiger partial charge in [-0.1, -0.05) is 28.9 Å². The highest BCUT2D eigenvalue weighted by atomic mass is 35.5. The van der Waals surface area contributed by atoms with Crippen molar-refractivity contribution in [1.82, 2.24) is 15.0 Å². The number of aryl methyl sites for hydroxylation is 1. The van der Waals surface area contributed by atoms with Crippen LogP contribution in [0.2, 0.25) is 5.02 Å². The Labute approximate surface area is 189 Å². The van der Waals surface area contributed by atoms with Crippen molar-refractivity contribution in [1.29, 1.82) is 0 Å². The molecule has 4 aliphatic carbocycles. The van der Waals surface area contributed by atoms with Crippen LogP contribution in [0.5, 0.6) is 0 Å². The van der Waals surface area contributed by atoms with E-state index in [9.17, 15) is 4.79 Å². The lowest BCUT2D eigenvalue weighted by molar-refractivity contribution is -0.153. The number of likely N-dealkylation sites (N-methyl/N-ethyl adjacent to an activating group) is 1. The first-order valence-corrected chi connectivity index (χ1v) is 11.9. The number of nitrogens with zero attached hydrogens (tertiary/aromatic N) is 3. The Morgan fingerprint density at radius 3 is 2.26 bits per heavy atom. The van der Waals surface area contributed by atoms with E-state index in [1.165, 1.54) is 38.5 Å². The lowest BCUT2D eigenvalue weighted by Crippen LogP contribution is -2.62. The quantitative estimate of drug-likeness (QED) is 0.602. The van der Waals surface area contributed by atoms with Crippen LogP contribution in [-0.4, -0.2) is 40.0 Å². The first-order valence-electron chi connectivity index (χ1n) is 11.5. The molecule has 1 aromatic carbocycles. The molecule has 0 saturated heterocycles. The molecule has 4 bridgehead atoms. The van der Waals surface area contributed by atoms with Crippen LogP contribution in [0.15, 0.2) is 34.9 Å². The van der Waals surface area contributed by atoms with Crippen molar-refractivity contribution in [3.8, 4) is 0 Å². The van der Waals surface area contributed by atoms with E-state index >= 15 is 0 Å². The first kappa shape index (κ1) is 21.0. The zero-order valence-electron chi connectivity index (χ0n) is 18.5. The SMILES string of the molecule is Cc1cc(CN(C)CC(=O)N(Cc2ccc(Cl)cc2)C23CC4CC(CC(C4)C2)C3)no1. The third kappa shape index (κ3) is 4.40. The normalized spacial score (nSPS) is 29.0. The predicted molar refractivity (Wildman–Crippen MR) is 120 cm³/mol. The minimum absolute atomic E-state index is 0.0246. The number of hydrogen-bond donors (Lipinski definition) is 0. The van der Waals surface area contributed by atoms with Gasteiger partial charge in [0, 0.05) is 29.7 Å². The van der Waals surface area contributed by atoms with Crippen molar-refractivity contribution < 1.29 is 9.32 Å². The minimum atomic E-state index is 0.0246. The van der Waals surface area contributed by atoms with E-state index in [2.05, 4.69) is 27.1 Å². The number of benzene rings is 1. The summed E-state index contributed by atoms with van der Waals surface area (Å²) in [4.78, 5) is 18.0. The maximum absolute atomic E-state index is 13.8. The van der Waals surface area contributed by atoms with Gasteiger partial charge in [0.25, 0.3) is 0 Å². The van der Waals surface area contributed by atoms with Gasteiger partial charge in [0.1, 0.15) is 5.76 Å². The van der Waals surface area contributed by atoms with E-state index in [-0.39, 0.29) is 11.4 Å². The molecule has 6 heteroatoms. The first-order chi connectivity index (χ1) is 14.9. The number of carbonyl (C=O) groups excluding carboxylic acids is 1. The minimum Gasteiger partial charge on any atom is -0.361 e. The molecule has 2 aromatic rings. The zero-order chi connectivity index (χ0) is 21.6. The van der Waals surface area contributed by atoms with Crippen LogP contribution in [0.4, 0.5) is 0 Å². The van der Waals surface area contributed by atoms with E-state index in [0.717, 1.165) is 39.8 Å². The molecule has 5 nitrogen and oxygen atoms in total. The van der Waals surface area contributed by atoms with Crippen LogP contribution in [0.25, 0.3) is 0 Å². The summed E-state index contributed by atoms with van der Waals surface area (Å²) < 4.78 is 5.19. The predicted octanol–water partition coefficient (Wildman–Crippen LogP) is 5.07. The Hall–Kier alpha value is -1.85. The van der Waals surface area contributed by atoms with Gasteiger partial charge in [0.2, 0.25) is 5.91 Å². The summed E-state index contributed by atoms with van der Waals surface area (Å²) >= 11 is 6.11. The molecule has 0 unspecified atom stereocenters. The number of hydrogen-bond acceptors (Lipinski definition) is 4. The summed E-state index contributed by atoms with van der Waals surface area (Å²) in [7, 11) is 1.99. The monoisotopic (exact) mass is 441 g/mol. The van der Waals surface area contributed by atoms with Gasteiger partial charge in [-0.25, -0.2) is 0 Å². The van der Waals surface area contributed by atoms with Gasteiger partial charge in [0.05, 0.1) is 12.2 Å². The van der Waals surface area contributed by atoms with Gasteiger partial charge in [-0.05, 0) is 87.9 Å². The molecule has 4 fully saturated rings. The van der Waals surface area contributed by atoms with Crippen molar-refractivity contribution in [3.05, 3.63) is 52.4 Å². The highest BCUT2D eigenvalue weighted by Crippen LogP contribution is 2.58. The van der Waals surface area contributed by atoms with Gasteiger partial charge in [0.15, 0.2) is 0 Å². The third-order valence-corrected chi connectivity index (χ3v) is 7.90. The average molecular weight is 442 g/mol. The van der Waals surface area contributed by atoms with E-state index in [1.54, 1.807) is 0 Å². The number of carbonyl (C=O) groups is 1. The van der Waals surface area contributed by atoms with Gasteiger partial charge in [-0.3, -0.25) is 9.69 Å². The molecule has 166 valence electrons. The van der Waals surface area contributed by atoms with Crippen LogP contribution in [0, 0.1) is 24.7 Å². The summed E-state index contributed by atoms with van der Waals surface area (Å²) in [5, 5.41) is 4.82. The van der Waals surface area contributed by atoms with E-state index in [4.69, 9.17) is 16.1 Å². The molecule has 1 heterocycles. The van der Waals surface area contributed by atoms with Crippen molar-refractivity contribution in [2.75, 3.05) is 13.6 Å². The molecule has 1 aromatic heterocycles. The van der Waals surface area contributed by atoms with Crippen molar-refractivity contribution in [2.45, 2.75) is 64.1 Å². The largest absolute Gasteiger partial charge is 0.361 e. The summed E-state index contributed by atoms with van der Waals surface area (Å²) in [5.41, 5.74) is 2.05. The second-order valence-electron chi connectivity index (χ2n) is 10.3. The molecule has 0 atom stereocenters. The smallest absolute Gasteiger partial charge is 0.237 e. The van der Waals surface area contributed by atoms with Crippen LogP contribution in [0.3, 0.4) is 0 Å². The molecule has 0 aliphatic heterocycles. The fraction of sp³-hybridized carbons (Fsp3) is 0.600. The molecule has 0 N–H and O–H groups in total. The Morgan fingerprint density at radius 2 is 1.71 bits per heavy atom. The second kappa shape index (κ2) is 8.25. The third-order valence-electron chi connectivity index (χ3n) is 7.65.